The van der Waals surface area contributed by atoms with Crippen molar-refractivity contribution in [3.05, 3.63) is 35.7 Å². The van der Waals surface area contributed by atoms with Crippen molar-refractivity contribution in [3.8, 4) is 11.4 Å². The van der Waals surface area contributed by atoms with Crippen LogP contribution in [0.2, 0.25) is 5.02 Å². The summed E-state index contributed by atoms with van der Waals surface area (Å²) in [5, 5.41) is 3.71. The second-order valence-corrected chi connectivity index (χ2v) is 8.52. The van der Waals surface area contributed by atoms with Gasteiger partial charge in [-0.2, -0.15) is 0 Å². The number of carbonyl (C=O) groups excluding carboxylic acids is 1. The van der Waals surface area contributed by atoms with Crippen LogP contribution in [0, 0.1) is 11.8 Å². The maximum Gasteiger partial charge on any atom is 0.255 e. The molecule has 10 heteroatoms. The topological polar surface area (TPSA) is 86.8 Å². The lowest BCUT2D eigenvalue weighted by molar-refractivity contribution is -0.123. The highest BCUT2D eigenvalue weighted by Crippen LogP contribution is 2.44. The van der Waals surface area contributed by atoms with Gasteiger partial charge in [0.05, 0.1) is 11.6 Å². The van der Waals surface area contributed by atoms with Crippen LogP contribution >= 0.6 is 11.6 Å². The standard InChI is InChI=1S/C21H21ClF2N6O/c22-12-6-14-15(8-27-19(14)26-7-12)20-25-5-4-17(29-20)30-10-11-2-1-3-13(11)18(30)21(31)28-9-16(23)24/h4-8,11,13,16,18H,1-3,9-10H2,(H,26,27)(H,28,31)/t11-,13-,18-/m1/s1. The Bertz CT molecular complexity index is 1120. The number of fused-ring (bicyclic) bond motifs is 2. The van der Waals surface area contributed by atoms with E-state index in [1.807, 2.05) is 4.90 Å². The second-order valence-electron chi connectivity index (χ2n) is 8.08. The summed E-state index contributed by atoms with van der Waals surface area (Å²) in [6.07, 6.45) is 5.41. The number of amides is 1. The molecule has 1 aliphatic carbocycles. The number of pyridine rings is 1. The number of nitrogens with one attached hydrogen (secondary N) is 2. The Morgan fingerprint density at radius 1 is 1.35 bits per heavy atom. The summed E-state index contributed by atoms with van der Waals surface area (Å²) < 4.78 is 25.3. The first-order valence-corrected chi connectivity index (χ1v) is 10.7. The minimum Gasteiger partial charge on any atom is -0.349 e. The number of hydrogen-bond acceptors (Lipinski definition) is 5. The highest BCUT2D eigenvalue weighted by Gasteiger charge is 2.48. The fourth-order valence-corrected chi connectivity index (χ4v) is 5.12. The molecule has 1 aliphatic heterocycles. The zero-order valence-corrected chi connectivity index (χ0v) is 17.3. The fourth-order valence-electron chi connectivity index (χ4n) is 4.96. The number of carbonyl (C=O) groups is 1. The third kappa shape index (κ3) is 3.71. The molecule has 0 unspecified atom stereocenters. The first kappa shape index (κ1) is 20.1. The monoisotopic (exact) mass is 446 g/mol. The van der Waals surface area contributed by atoms with Crippen LogP contribution in [0.1, 0.15) is 19.3 Å². The Morgan fingerprint density at radius 2 is 2.23 bits per heavy atom. The summed E-state index contributed by atoms with van der Waals surface area (Å²) >= 11 is 6.11. The minimum atomic E-state index is -2.58. The van der Waals surface area contributed by atoms with Crippen molar-refractivity contribution >= 4 is 34.4 Å². The lowest BCUT2D eigenvalue weighted by Gasteiger charge is -2.28. The molecule has 3 aromatic heterocycles. The van der Waals surface area contributed by atoms with Gasteiger partial charge in [-0.1, -0.05) is 18.0 Å². The highest BCUT2D eigenvalue weighted by molar-refractivity contribution is 6.31. The summed E-state index contributed by atoms with van der Waals surface area (Å²) in [7, 11) is 0. The number of anilines is 1. The number of H-pyrrole nitrogens is 1. The van der Waals surface area contributed by atoms with E-state index in [4.69, 9.17) is 16.6 Å². The molecule has 2 N–H and O–H groups in total. The Balaban J connectivity index is 1.49. The Labute approximate surface area is 182 Å². The molecule has 0 aromatic carbocycles. The SMILES string of the molecule is O=C(NCC(F)F)[C@H]1[C@@H]2CCC[C@@H]2CN1c1ccnc(-c2c[nH]c3ncc(Cl)cc23)n1. The van der Waals surface area contributed by atoms with Crippen molar-refractivity contribution in [1.29, 1.82) is 0 Å². The van der Waals surface area contributed by atoms with Crippen LogP contribution in [-0.2, 0) is 4.79 Å². The maximum absolute atomic E-state index is 12.8. The number of hydrogen-bond donors (Lipinski definition) is 2. The van der Waals surface area contributed by atoms with Crippen LogP contribution < -0.4 is 10.2 Å². The van der Waals surface area contributed by atoms with E-state index in [0.717, 1.165) is 30.2 Å². The molecule has 2 aliphatic rings. The van der Waals surface area contributed by atoms with Crippen molar-refractivity contribution in [2.24, 2.45) is 11.8 Å². The zero-order chi connectivity index (χ0) is 21.5. The van der Waals surface area contributed by atoms with Gasteiger partial charge >= 0.3 is 0 Å². The van der Waals surface area contributed by atoms with Crippen LogP contribution in [0.4, 0.5) is 14.6 Å². The first-order chi connectivity index (χ1) is 15.0. The van der Waals surface area contributed by atoms with Gasteiger partial charge in [-0.15, -0.1) is 0 Å². The number of rotatable bonds is 5. The molecular weight excluding hydrogens is 426 g/mol. The quantitative estimate of drug-likeness (QED) is 0.624. The van der Waals surface area contributed by atoms with Gasteiger partial charge in [0.2, 0.25) is 5.91 Å². The summed E-state index contributed by atoms with van der Waals surface area (Å²) in [6.45, 7) is 0.0356. The number of aromatic nitrogens is 4. The van der Waals surface area contributed by atoms with Gasteiger partial charge < -0.3 is 15.2 Å². The lowest BCUT2D eigenvalue weighted by atomic mass is 9.93. The summed E-state index contributed by atoms with van der Waals surface area (Å²) in [4.78, 5) is 31.3. The minimum absolute atomic E-state index is 0.146. The Hall–Kier alpha value is -2.81. The fraction of sp³-hybridized carbons (Fsp3) is 0.429. The van der Waals surface area contributed by atoms with Gasteiger partial charge in [0, 0.05) is 36.1 Å². The van der Waals surface area contributed by atoms with E-state index < -0.39 is 19.0 Å². The summed E-state index contributed by atoms with van der Waals surface area (Å²) in [6, 6.07) is 3.05. The van der Waals surface area contributed by atoms with Gasteiger partial charge in [0.15, 0.2) is 5.82 Å². The molecule has 3 atom stereocenters. The largest absolute Gasteiger partial charge is 0.349 e. The maximum atomic E-state index is 12.8. The second kappa shape index (κ2) is 8.03. The average molecular weight is 447 g/mol. The number of alkyl halides is 2. The summed E-state index contributed by atoms with van der Waals surface area (Å²) in [5.74, 6) is 1.24. The van der Waals surface area contributed by atoms with E-state index in [0.29, 0.717) is 34.8 Å². The average Bonchev–Trinajstić information content (AvgIpc) is 3.46. The van der Waals surface area contributed by atoms with Gasteiger partial charge in [0.1, 0.15) is 17.5 Å². The Kier molecular flexibility index (Phi) is 5.21. The van der Waals surface area contributed by atoms with Crippen molar-refractivity contribution in [1.82, 2.24) is 25.3 Å². The first-order valence-electron chi connectivity index (χ1n) is 10.3. The van der Waals surface area contributed by atoms with Crippen molar-refractivity contribution < 1.29 is 13.6 Å². The molecule has 4 heterocycles. The molecule has 1 saturated carbocycles. The lowest BCUT2D eigenvalue weighted by Crippen LogP contribution is -2.47. The number of nitrogens with zero attached hydrogens (tertiary/aromatic N) is 4. The molecule has 1 amide bonds. The third-order valence-electron chi connectivity index (χ3n) is 6.26. The van der Waals surface area contributed by atoms with E-state index >= 15 is 0 Å². The molecule has 3 aromatic rings. The Morgan fingerprint density at radius 3 is 3.06 bits per heavy atom. The predicted molar refractivity (Wildman–Crippen MR) is 113 cm³/mol. The number of aromatic amines is 1. The van der Waals surface area contributed by atoms with Crippen LogP contribution in [-0.4, -0.2) is 51.4 Å². The molecule has 0 radical (unpaired) electrons. The van der Waals surface area contributed by atoms with Crippen molar-refractivity contribution in [2.75, 3.05) is 18.0 Å². The van der Waals surface area contributed by atoms with E-state index in [2.05, 4.69) is 20.3 Å². The van der Waals surface area contributed by atoms with Crippen LogP contribution in [0.15, 0.2) is 30.7 Å². The van der Waals surface area contributed by atoms with E-state index in [9.17, 15) is 13.6 Å². The van der Waals surface area contributed by atoms with Gasteiger partial charge in [-0.25, -0.2) is 23.7 Å². The van der Waals surface area contributed by atoms with Gasteiger partial charge in [0.25, 0.3) is 6.43 Å². The van der Waals surface area contributed by atoms with E-state index in [1.54, 1.807) is 30.7 Å². The van der Waals surface area contributed by atoms with Crippen molar-refractivity contribution in [3.63, 3.8) is 0 Å². The molecule has 2 fully saturated rings. The number of halogens is 3. The van der Waals surface area contributed by atoms with E-state index in [-0.39, 0.29) is 11.8 Å². The van der Waals surface area contributed by atoms with Gasteiger partial charge in [-0.3, -0.25) is 4.79 Å². The summed E-state index contributed by atoms with van der Waals surface area (Å²) in [5.41, 5.74) is 1.43. The molecule has 1 saturated heterocycles. The normalized spacial score (nSPS) is 23.0. The van der Waals surface area contributed by atoms with Crippen LogP contribution in [0.5, 0.6) is 0 Å². The molecule has 31 heavy (non-hydrogen) atoms. The molecule has 0 bridgehead atoms. The van der Waals surface area contributed by atoms with Crippen LogP contribution in [0.25, 0.3) is 22.4 Å². The van der Waals surface area contributed by atoms with Crippen LogP contribution in [0.3, 0.4) is 0 Å². The molecule has 7 nitrogen and oxygen atoms in total. The van der Waals surface area contributed by atoms with Gasteiger partial charge in [-0.05, 0) is 36.8 Å². The molecular formula is C21H21ClF2N6O. The predicted octanol–water partition coefficient (Wildman–Crippen LogP) is 3.66. The molecule has 5 rings (SSSR count). The zero-order valence-electron chi connectivity index (χ0n) is 16.6. The molecule has 0 spiro atoms. The smallest absolute Gasteiger partial charge is 0.255 e. The van der Waals surface area contributed by atoms with E-state index in [1.165, 1.54) is 0 Å². The third-order valence-corrected chi connectivity index (χ3v) is 6.47. The highest BCUT2D eigenvalue weighted by atomic mass is 35.5. The van der Waals surface area contributed by atoms with Crippen molar-refractivity contribution in [2.45, 2.75) is 31.7 Å². The molecule has 162 valence electrons.